The molecule has 0 atom stereocenters. The first-order valence-corrected chi connectivity index (χ1v) is 8.56. The Morgan fingerprint density at radius 3 is 2.36 bits per heavy atom. The van der Waals surface area contributed by atoms with Gasteiger partial charge in [-0.3, -0.25) is 9.88 Å². The SMILES string of the molecule is CN(C)CCN(Cc1ccc(-n2cccn2)cc1)Cc1ccccn1. The Kier molecular flexibility index (Phi) is 5.93. The number of likely N-dealkylation sites (N-methyl/N-ethyl adjacent to an activating group) is 1. The molecule has 0 bridgehead atoms. The molecular weight excluding hydrogens is 310 g/mol. The van der Waals surface area contributed by atoms with Crippen molar-refractivity contribution in [3.63, 3.8) is 0 Å². The van der Waals surface area contributed by atoms with Gasteiger partial charge in [-0.15, -0.1) is 0 Å². The second kappa shape index (κ2) is 8.55. The summed E-state index contributed by atoms with van der Waals surface area (Å²) < 4.78 is 1.88. The van der Waals surface area contributed by atoms with Crippen molar-refractivity contribution >= 4 is 0 Å². The summed E-state index contributed by atoms with van der Waals surface area (Å²) in [6.07, 6.45) is 5.61. The van der Waals surface area contributed by atoms with Crippen molar-refractivity contribution in [1.82, 2.24) is 24.6 Å². The second-order valence-corrected chi connectivity index (χ2v) is 6.45. The standard InChI is InChI=1S/C20H25N5/c1-23(2)14-15-24(17-19-6-3-4-11-21-19)16-18-7-9-20(10-8-18)25-13-5-12-22-25/h3-13H,14-17H2,1-2H3. The zero-order chi connectivity index (χ0) is 17.5. The van der Waals surface area contributed by atoms with Crippen molar-refractivity contribution in [2.45, 2.75) is 13.1 Å². The van der Waals surface area contributed by atoms with Crippen LogP contribution < -0.4 is 0 Å². The van der Waals surface area contributed by atoms with Gasteiger partial charge in [0, 0.05) is 44.8 Å². The highest BCUT2D eigenvalue weighted by atomic mass is 15.3. The number of pyridine rings is 1. The first-order valence-electron chi connectivity index (χ1n) is 8.56. The van der Waals surface area contributed by atoms with Gasteiger partial charge in [0.1, 0.15) is 0 Å². The molecule has 3 rings (SSSR count). The molecule has 0 radical (unpaired) electrons. The lowest BCUT2D eigenvalue weighted by molar-refractivity contribution is 0.224. The molecule has 0 amide bonds. The van der Waals surface area contributed by atoms with Gasteiger partial charge in [-0.1, -0.05) is 18.2 Å². The van der Waals surface area contributed by atoms with Gasteiger partial charge in [0.15, 0.2) is 0 Å². The predicted molar refractivity (Wildman–Crippen MR) is 100 cm³/mol. The summed E-state index contributed by atoms with van der Waals surface area (Å²) >= 11 is 0. The molecule has 0 aliphatic rings. The van der Waals surface area contributed by atoms with E-state index in [1.165, 1.54) is 5.56 Å². The minimum Gasteiger partial charge on any atom is -0.308 e. The zero-order valence-electron chi connectivity index (χ0n) is 14.9. The highest BCUT2D eigenvalue weighted by Gasteiger charge is 2.09. The fourth-order valence-electron chi connectivity index (χ4n) is 2.71. The number of hydrogen-bond acceptors (Lipinski definition) is 4. The Morgan fingerprint density at radius 1 is 0.880 bits per heavy atom. The van der Waals surface area contributed by atoms with E-state index in [2.05, 4.69) is 64.3 Å². The minimum absolute atomic E-state index is 0.857. The van der Waals surface area contributed by atoms with Crippen LogP contribution in [0.5, 0.6) is 0 Å². The molecule has 3 aromatic rings. The zero-order valence-corrected chi connectivity index (χ0v) is 14.9. The second-order valence-electron chi connectivity index (χ2n) is 6.45. The molecule has 1 aromatic carbocycles. The number of nitrogens with zero attached hydrogens (tertiary/aromatic N) is 5. The van der Waals surface area contributed by atoms with E-state index >= 15 is 0 Å². The normalized spacial score (nSPS) is 11.4. The van der Waals surface area contributed by atoms with Crippen molar-refractivity contribution in [2.75, 3.05) is 27.2 Å². The summed E-state index contributed by atoms with van der Waals surface area (Å²) in [5, 5.41) is 4.27. The van der Waals surface area contributed by atoms with Crippen LogP contribution in [-0.4, -0.2) is 51.7 Å². The monoisotopic (exact) mass is 335 g/mol. The van der Waals surface area contributed by atoms with Crippen LogP contribution in [-0.2, 0) is 13.1 Å². The molecule has 130 valence electrons. The molecule has 0 spiro atoms. The topological polar surface area (TPSA) is 37.2 Å². The molecule has 2 heterocycles. The third kappa shape index (κ3) is 5.24. The van der Waals surface area contributed by atoms with E-state index < -0.39 is 0 Å². The maximum Gasteiger partial charge on any atom is 0.0645 e. The summed E-state index contributed by atoms with van der Waals surface area (Å²) in [7, 11) is 4.22. The van der Waals surface area contributed by atoms with Crippen molar-refractivity contribution in [3.8, 4) is 5.69 Å². The fourth-order valence-corrected chi connectivity index (χ4v) is 2.71. The van der Waals surface area contributed by atoms with Crippen molar-refractivity contribution < 1.29 is 0 Å². The summed E-state index contributed by atoms with van der Waals surface area (Å²) in [5.74, 6) is 0. The number of benzene rings is 1. The van der Waals surface area contributed by atoms with E-state index in [0.717, 1.165) is 37.6 Å². The lowest BCUT2D eigenvalue weighted by Crippen LogP contribution is -2.31. The molecule has 0 aliphatic heterocycles. The Bertz CT molecular complexity index is 736. The molecule has 5 nitrogen and oxygen atoms in total. The summed E-state index contributed by atoms with van der Waals surface area (Å²) in [6.45, 7) is 3.79. The molecule has 25 heavy (non-hydrogen) atoms. The highest BCUT2D eigenvalue weighted by Crippen LogP contribution is 2.12. The van der Waals surface area contributed by atoms with Gasteiger partial charge in [0.25, 0.3) is 0 Å². The predicted octanol–water partition coefficient (Wildman–Crippen LogP) is 2.83. The van der Waals surface area contributed by atoms with Gasteiger partial charge in [-0.25, -0.2) is 4.68 Å². The first-order chi connectivity index (χ1) is 12.2. The van der Waals surface area contributed by atoms with Crippen LogP contribution in [0.3, 0.4) is 0 Å². The third-order valence-corrected chi connectivity index (χ3v) is 4.09. The van der Waals surface area contributed by atoms with Crippen LogP contribution in [0.1, 0.15) is 11.3 Å². The Balaban J connectivity index is 1.68. The lowest BCUT2D eigenvalue weighted by Gasteiger charge is -2.24. The van der Waals surface area contributed by atoms with E-state index in [-0.39, 0.29) is 0 Å². The van der Waals surface area contributed by atoms with Gasteiger partial charge in [-0.05, 0) is 50.0 Å². The molecule has 0 fully saturated rings. The van der Waals surface area contributed by atoms with Crippen LogP contribution in [0.2, 0.25) is 0 Å². The number of hydrogen-bond donors (Lipinski definition) is 0. The molecule has 5 heteroatoms. The molecule has 0 N–H and O–H groups in total. The maximum absolute atomic E-state index is 4.47. The van der Waals surface area contributed by atoms with E-state index in [0.29, 0.717) is 0 Å². The van der Waals surface area contributed by atoms with Crippen molar-refractivity contribution in [2.24, 2.45) is 0 Å². The van der Waals surface area contributed by atoms with Gasteiger partial charge < -0.3 is 4.90 Å². The van der Waals surface area contributed by atoms with Gasteiger partial charge in [0.2, 0.25) is 0 Å². The Labute approximate surface area is 149 Å². The van der Waals surface area contributed by atoms with Gasteiger partial charge in [0.05, 0.1) is 11.4 Å². The van der Waals surface area contributed by atoms with E-state index in [1.54, 1.807) is 6.20 Å². The average molecular weight is 335 g/mol. The van der Waals surface area contributed by atoms with Crippen molar-refractivity contribution in [3.05, 3.63) is 78.4 Å². The van der Waals surface area contributed by atoms with E-state index in [9.17, 15) is 0 Å². The number of aromatic nitrogens is 3. The Morgan fingerprint density at radius 2 is 1.72 bits per heavy atom. The summed E-state index contributed by atoms with van der Waals surface area (Å²) in [4.78, 5) is 9.12. The Hall–Kier alpha value is -2.50. The third-order valence-electron chi connectivity index (χ3n) is 4.09. The summed E-state index contributed by atoms with van der Waals surface area (Å²) in [5.41, 5.74) is 3.48. The summed E-state index contributed by atoms with van der Waals surface area (Å²) in [6, 6.07) is 16.6. The highest BCUT2D eigenvalue weighted by molar-refractivity contribution is 5.33. The van der Waals surface area contributed by atoms with Crippen molar-refractivity contribution in [1.29, 1.82) is 0 Å². The lowest BCUT2D eigenvalue weighted by atomic mass is 10.2. The van der Waals surface area contributed by atoms with Crippen LogP contribution in [0.4, 0.5) is 0 Å². The minimum atomic E-state index is 0.857. The average Bonchev–Trinajstić information content (AvgIpc) is 3.16. The molecule has 0 aliphatic carbocycles. The van der Waals surface area contributed by atoms with Crippen LogP contribution in [0, 0.1) is 0 Å². The van der Waals surface area contributed by atoms with Gasteiger partial charge >= 0.3 is 0 Å². The fraction of sp³-hybridized carbons (Fsp3) is 0.300. The molecule has 0 saturated heterocycles. The molecule has 2 aromatic heterocycles. The van der Waals surface area contributed by atoms with Crippen LogP contribution in [0.15, 0.2) is 67.1 Å². The van der Waals surface area contributed by atoms with Crippen LogP contribution >= 0.6 is 0 Å². The van der Waals surface area contributed by atoms with Gasteiger partial charge in [-0.2, -0.15) is 5.10 Å². The van der Waals surface area contributed by atoms with E-state index in [1.807, 2.05) is 35.3 Å². The quantitative estimate of drug-likeness (QED) is 0.634. The smallest absolute Gasteiger partial charge is 0.0645 e. The largest absolute Gasteiger partial charge is 0.308 e. The van der Waals surface area contributed by atoms with Crippen LogP contribution in [0.25, 0.3) is 5.69 Å². The maximum atomic E-state index is 4.47. The molecule has 0 saturated carbocycles. The number of rotatable bonds is 8. The van der Waals surface area contributed by atoms with E-state index in [4.69, 9.17) is 0 Å². The molecular formula is C20H25N5. The molecule has 0 unspecified atom stereocenters. The first kappa shape index (κ1) is 17.3.